The van der Waals surface area contributed by atoms with Crippen LogP contribution < -0.4 is 0 Å². The van der Waals surface area contributed by atoms with Gasteiger partial charge in [0.05, 0.1) is 28.0 Å². The first-order valence-electron chi connectivity index (χ1n) is 3.35. The zero-order valence-electron chi connectivity index (χ0n) is 6.80. The van der Waals surface area contributed by atoms with Gasteiger partial charge >= 0.3 is 0 Å². The topological polar surface area (TPSA) is 62.2 Å². The molecule has 0 saturated heterocycles. The van der Waals surface area contributed by atoms with E-state index in [1.54, 1.807) is 0 Å². The molecule has 0 spiro atoms. The van der Waals surface area contributed by atoms with Gasteiger partial charge in [-0.3, -0.25) is 4.18 Å². The Balaban J connectivity index is 3.09. The van der Waals surface area contributed by atoms with Crippen molar-refractivity contribution in [2.24, 2.45) is 0 Å². The third-order valence-corrected chi connectivity index (χ3v) is 3.25. The quantitative estimate of drug-likeness (QED) is 0.636. The Kier molecular flexibility index (Phi) is 5.05. The van der Waals surface area contributed by atoms with Crippen molar-refractivity contribution in [1.29, 1.82) is 0 Å². The molecule has 84 valence electrons. The number of hydrogen-bond acceptors (Lipinski definition) is 4. The van der Waals surface area contributed by atoms with Crippen LogP contribution in [0.1, 0.15) is 5.56 Å². The molecule has 0 aromatic carbocycles. The molecule has 1 aromatic rings. The van der Waals surface area contributed by atoms with Crippen LogP contribution in [-0.2, 0) is 22.2 Å². The Morgan fingerprint density at radius 1 is 1.20 bits per heavy atom. The van der Waals surface area contributed by atoms with Gasteiger partial charge in [-0.15, -0.1) is 0 Å². The highest BCUT2D eigenvalue weighted by molar-refractivity contribution is 7.74. The summed E-state index contributed by atoms with van der Waals surface area (Å²) in [6.07, 6.45) is 0. The average molecular weight is 310 g/mol. The van der Waals surface area contributed by atoms with Crippen molar-refractivity contribution in [1.82, 2.24) is 4.98 Å². The van der Waals surface area contributed by atoms with Gasteiger partial charge in [0, 0.05) is 5.56 Å². The van der Waals surface area contributed by atoms with E-state index in [0.717, 1.165) is 0 Å². The summed E-state index contributed by atoms with van der Waals surface area (Å²) < 4.78 is 24.7. The van der Waals surface area contributed by atoms with E-state index in [2.05, 4.69) is 9.17 Å². The lowest BCUT2D eigenvalue weighted by Gasteiger charge is -2.10. The summed E-state index contributed by atoms with van der Waals surface area (Å²) in [6.45, 7) is -0.351. The number of aromatic nitrogens is 1. The molecule has 0 bridgehead atoms. The third-order valence-electron chi connectivity index (χ3n) is 1.39. The predicted molar refractivity (Wildman–Crippen MR) is 58.0 cm³/mol. The van der Waals surface area contributed by atoms with Crippen molar-refractivity contribution in [2.45, 2.75) is 6.61 Å². The highest BCUT2D eigenvalue weighted by atomic mass is 35.5. The Morgan fingerprint density at radius 3 is 2.07 bits per heavy atom. The second-order valence-electron chi connectivity index (χ2n) is 2.27. The lowest BCUT2D eigenvalue weighted by Crippen LogP contribution is -1.99. The Hall–Kier alpha value is 0.380. The van der Waals surface area contributed by atoms with Gasteiger partial charge in [-0.25, -0.2) is 9.19 Å². The van der Waals surface area contributed by atoms with Gasteiger partial charge in [-0.1, -0.05) is 46.4 Å². The second kappa shape index (κ2) is 5.63. The molecule has 0 N–H and O–H groups in total. The molecule has 1 atom stereocenters. The minimum Gasteiger partial charge on any atom is -0.750 e. The molecule has 4 nitrogen and oxygen atoms in total. The van der Waals surface area contributed by atoms with Gasteiger partial charge in [0.2, 0.25) is 0 Å². The van der Waals surface area contributed by atoms with Crippen LogP contribution in [0.15, 0.2) is 0 Å². The van der Waals surface area contributed by atoms with E-state index >= 15 is 0 Å². The van der Waals surface area contributed by atoms with Crippen molar-refractivity contribution in [2.75, 3.05) is 0 Å². The number of hydrogen-bond donors (Lipinski definition) is 0. The lowest BCUT2D eigenvalue weighted by molar-refractivity contribution is 0.291. The number of halogens is 4. The second-order valence-corrected chi connectivity index (χ2v) is 4.38. The summed E-state index contributed by atoms with van der Waals surface area (Å²) in [4.78, 5) is 3.62. The minimum absolute atomic E-state index is 0.0107. The molecule has 0 saturated carbocycles. The molecular formula is C6H2Cl4NO3S-. The Morgan fingerprint density at radius 2 is 1.67 bits per heavy atom. The standard InChI is InChI=1S/C6H3Cl4NO3S/c7-3-2(1-14-15(12)13)4(8)6(10)11-5(3)9/h1H2,(H,12,13)/p-1. The maximum Gasteiger partial charge on any atom is 0.149 e. The maximum absolute atomic E-state index is 10.2. The van der Waals surface area contributed by atoms with Gasteiger partial charge in [0.15, 0.2) is 0 Å². The molecule has 0 aliphatic carbocycles. The normalized spacial score (nSPS) is 12.9. The van der Waals surface area contributed by atoms with E-state index in [1.807, 2.05) is 0 Å². The van der Waals surface area contributed by atoms with Crippen molar-refractivity contribution < 1.29 is 12.9 Å². The highest BCUT2D eigenvalue weighted by Crippen LogP contribution is 2.34. The largest absolute Gasteiger partial charge is 0.750 e. The fourth-order valence-electron chi connectivity index (χ4n) is 0.763. The maximum atomic E-state index is 10.2. The number of pyridine rings is 1. The summed E-state index contributed by atoms with van der Waals surface area (Å²) in [5.74, 6) is 0. The van der Waals surface area contributed by atoms with Crippen LogP contribution in [-0.4, -0.2) is 13.7 Å². The van der Waals surface area contributed by atoms with E-state index in [4.69, 9.17) is 46.4 Å². The molecular weight excluding hydrogens is 308 g/mol. The first-order chi connectivity index (χ1) is 6.93. The van der Waals surface area contributed by atoms with E-state index in [1.165, 1.54) is 0 Å². The molecule has 1 aromatic heterocycles. The monoisotopic (exact) mass is 308 g/mol. The molecule has 0 fully saturated rings. The van der Waals surface area contributed by atoms with Crippen LogP contribution in [0.25, 0.3) is 0 Å². The summed E-state index contributed by atoms with van der Waals surface area (Å²) >= 11 is 20.0. The predicted octanol–water partition coefficient (Wildman–Crippen LogP) is 3.01. The Labute approximate surface area is 108 Å². The fraction of sp³-hybridized carbons (Fsp3) is 0.167. The summed E-state index contributed by atoms with van der Waals surface area (Å²) in [5.41, 5.74) is 0.174. The van der Waals surface area contributed by atoms with Crippen LogP contribution in [0.3, 0.4) is 0 Å². The summed E-state index contributed by atoms with van der Waals surface area (Å²) in [7, 11) is 0. The number of nitrogens with zero attached hydrogens (tertiary/aromatic N) is 1. The van der Waals surface area contributed by atoms with Crippen molar-refractivity contribution in [3.05, 3.63) is 25.9 Å². The molecule has 1 unspecified atom stereocenters. The zero-order valence-corrected chi connectivity index (χ0v) is 10.6. The first-order valence-corrected chi connectivity index (χ1v) is 5.86. The molecule has 0 amide bonds. The van der Waals surface area contributed by atoms with E-state index in [9.17, 15) is 8.76 Å². The SMILES string of the molecule is O=S([O-])OCc1c(Cl)c(Cl)nc(Cl)c1Cl. The molecule has 9 heteroatoms. The highest BCUT2D eigenvalue weighted by Gasteiger charge is 2.15. The smallest absolute Gasteiger partial charge is 0.149 e. The van der Waals surface area contributed by atoms with Gasteiger partial charge < -0.3 is 4.55 Å². The van der Waals surface area contributed by atoms with Crippen LogP contribution in [0.2, 0.25) is 20.4 Å². The molecule has 1 rings (SSSR count). The fourth-order valence-corrected chi connectivity index (χ4v) is 1.85. The van der Waals surface area contributed by atoms with Crippen LogP contribution >= 0.6 is 46.4 Å². The van der Waals surface area contributed by atoms with Crippen LogP contribution in [0, 0.1) is 0 Å². The lowest BCUT2D eigenvalue weighted by atomic mass is 10.3. The molecule has 0 radical (unpaired) electrons. The summed E-state index contributed by atoms with van der Waals surface area (Å²) in [6, 6.07) is 0. The van der Waals surface area contributed by atoms with Crippen LogP contribution in [0.4, 0.5) is 0 Å². The van der Waals surface area contributed by atoms with Gasteiger partial charge in [0.1, 0.15) is 10.3 Å². The first kappa shape index (κ1) is 13.4. The number of rotatable bonds is 3. The Bertz CT molecular complexity index is 388. The summed E-state index contributed by atoms with van der Waals surface area (Å²) in [5, 5.41) is -0.115. The molecule has 15 heavy (non-hydrogen) atoms. The van der Waals surface area contributed by atoms with Gasteiger partial charge in [0.25, 0.3) is 0 Å². The van der Waals surface area contributed by atoms with Crippen molar-refractivity contribution in [3.63, 3.8) is 0 Å². The third kappa shape index (κ3) is 3.42. The zero-order chi connectivity index (χ0) is 11.6. The van der Waals surface area contributed by atoms with E-state index in [-0.39, 0.29) is 32.5 Å². The molecule has 0 aliphatic rings. The van der Waals surface area contributed by atoms with Crippen molar-refractivity contribution in [3.8, 4) is 0 Å². The van der Waals surface area contributed by atoms with Crippen molar-refractivity contribution >= 4 is 57.8 Å². The molecule has 1 heterocycles. The van der Waals surface area contributed by atoms with Gasteiger partial charge in [-0.2, -0.15) is 0 Å². The minimum atomic E-state index is -2.67. The van der Waals surface area contributed by atoms with E-state index in [0.29, 0.717) is 0 Å². The average Bonchev–Trinajstić information content (AvgIpc) is 2.14. The molecule has 0 aliphatic heterocycles. The van der Waals surface area contributed by atoms with Crippen LogP contribution in [0.5, 0.6) is 0 Å². The van der Waals surface area contributed by atoms with Gasteiger partial charge in [-0.05, 0) is 0 Å². The van der Waals surface area contributed by atoms with E-state index < -0.39 is 11.4 Å².